The van der Waals surface area contributed by atoms with Crippen molar-refractivity contribution in [2.75, 3.05) is 18.5 Å². The number of ketones is 2. The van der Waals surface area contributed by atoms with Crippen LogP contribution in [0.4, 0.5) is 10.1 Å². The van der Waals surface area contributed by atoms with Crippen LogP contribution in [0.15, 0.2) is 30.6 Å². The molecular formula is C24H25FN4O4. The lowest BCUT2D eigenvalue weighted by Crippen LogP contribution is -2.49. The quantitative estimate of drug-likeness (QED) is 0.423. The molecule has 1 amide bonds. The predicted molar refractivity (Wildman–Crippen MR) is 119 cm³/mol. The number of benzene rings is 1. The Kier molecular flexibility index (Phi) is 5.75. The highest BCUT2D eigenvalue weighted by molar-refractivity contribution is 6.44. The zero-order chi connectivity index (χ0) is 23.9. The molecule has 0 atom stereocenters. The molecule has 0 aliphatic carbocycles. The monoisotopic (exact) mass is 452 g/mol. The highest BCUT2D eigenvalue weighted by atomic mass is 19.1. The molecule has 2 aromatic heterocycles. The molecule has 8 nitrogen and oxygen atoms in total. The largest absolute Gasteiger partial charge is 0.379 e. The first kappa shape index (κ1) is 22.6. The number of hydrogen-bond acceptors (Lipinski definition) is 5. The van der Waals surface area contributed by atoms with Gasteiger partial charge in [0.05, 0.1) is 24.2 Å². The number of aryl methyl sites for hydroxylation is 1. The number of nitrogens with one attached hydrogen (secondary N) is 2. The van der Waals surface area contributed by atoms with Crippen LogP contribution in [0.5, 0.6) is 0 Å². The predicted octanol–water partition coefficient (Wildman–Crippen LogP) is 3.17. The van der Waals surface area contributed by atoms with Crippen LogP contribution in [0, 0.1) is 26.6 Å². The van der Waals surface area contributed by atoms with Crippen molar-refractivity contribution in [3.63, 3.8) is 0 Å². The molecule has 33 heavy (non-hydrogen) atoms. The molecule has 2 N–H and O–H groups in total. The number of carbonyl (C=O) groups excluding carboxylic acids is 3. The van der Waals surface area contributed by atoms with Gasteiger partial charge in [0.25, 0.3) is 5.91 Å². The van der Waals surface area contributed by atoms with Crippen molar-refractivity contribution in [1.29, 1.82) is 0 Å². The Bertz CT molecular complexity index is 1260. The molecule has 3 heterocycles. The molecule has 4 rings (SSSR count). The van der Waals surface area contributed by atoms with Crippen LogP contribution in [0.2, 0.25) is 0 Å². The number of ether oxygens (including phenoxy) is 1. The topological polar surface area (TPSA) is 106 Å². The lowest BCUT2D eigenvalue weighted by atomic mass is 9.78. The average Bonchev–Trinajstić information content (AvgIpc) is 3.34. The lowest BCUT2D eigenvalue weighted by Gasteiger charge is -2.39. The normalized spacial score (nSPS) is 14.6. The van der Waals surface area contributed by atoms with Gasteiger partial charge in [0.2, 0.25) is 11.6 Å². The molecule has 0 saturated carbocycles. The van der Waals surface area contributed by atoms with E-state index in [4.69, 9.17) is 4.74 Å². The number of anilines is 1. The van der Waals surface area contributed by atoms with Gasteiger partial charge in [0, 0.05) is 37.2 Å². The van der Waals surface area contributed by atoms with Crippen molar-refractivity contribution in [2.24, 2.45) is 7.05 Å². The Labute approximate surface area is 190 Å². The molecule has 0 spiro atoms. The zero-order valence-corrected chi connectivity index (χ0v) is 18.9. The van der Waals surface area contributed by atoms with Gasteiger partial charge in [0.15, 0.2) is 0 Å². The summed E-state index contributed by atoms with van der Waals surface area (Å²) >= 11 is 0. The smallest absolute Gasteiger partial charge is 0.272 e. The van der Waals surface area contributed by atoms with Crippen LogP contribution in [-0.2, 0) is 22.0 Å². The Balaban J connectivity index is 1.59. The van der Waals surface area contributed by atoms with E-state index in [2.05, 4.69) is 15.3 Å². The van der Waals surface area contributed by atoms with Crippen molar-refractivity contribution < 1.29 is 23.5 Å². The van der Waals surface area contributed by atoms with Gasteiger partial charge in [-0.3, -0.25) is 14.4 Å². The second-order valence-corrected chi connectivity index (χ2v) is 8.55. The molecule has 0 radical (unpaired) electrons. The van der Waals surface area contributed by atoms with Crippen molar-refractivity contribution in [1.82, 2.24) is 14.5 Å². The van der Waals surface area contributed by atoms with Crippen LogP contribution in [0.1, 0.15) is 49.9 Å². The van der Waals surface area contributed by atoms with Gasteiger partial charge in [-0.15, -0.1) is 0 Å². The molecule has 172 valence electrons. The highest BCUT2D eigenvalue weighted by Gasteiger charge is 2.46. The molecule has 1 fully saturated rings. The van der Waals surface area contributed by atoms with Gasteiger partial charge in [-0.05, 0) is 50.1 Å². The number of Topliss-reactive ketones (excluding diaryl/α,β-unsaturated/α-hetero) is 2. The fraction of sp³-hybridized carbons (Fsp3) is 0.333. The summed E-state index contributed by atoms with van der Waals surface area (Å²) in [4.78, 5) is 46.5. The summed E-state index contributed by atoms with van der Waals surface area (Å²) in [7, 11) is 1.67. The molecule has 0 unspecified atom stereocenters. The average molecular weight is 452 g/mol. The maximum Gasteiger partial charge on any atom is 0.272 e. The summed E-state index contributed by atoms with van der Waals surface area (Å²) in [6.45, 7) is 5.55. The SMILES string of the molecule is Cc1cc(NC(=O)c2c(C)c(C(=O)C(=O)CC3(c4ncc[nH]4)COC3)c(C)n2C)ccc1F. The number of halogens is 1. The third-order valence-electron chi connectivity index (χ3n) is 6.30. The van der Waals surface area contributed by atoms with Gasteiger partial charge in [-0.2, -0.15) is 0 Å². The number of aromatic amines is 1. The van der Waals surface area contributed by atoms with Crippen molar-refractivity contribution in [3.8, 4) is 0 Å². The second-order valence-electron chi connectivity index (χ2n) is 8.55. The maximum atomic E-state index is 13.5. The summed E-state index contributed by atoms with van der Waals surface area (Å²) in [6.07, 6.45) is 3.23. The number of hydrogen-bond donors (Lipinski definition) is 2. The second kappa shape index (κ2) is 8.40. The first-order valence-corrected chi connectivity index (χ1v) is 10.5. The van der Waals surface area contributed by atoms with Crippen LogP contribution >= 0.6 is 0 Å². The van der Waals surface area contributed by atoms with Crippen LogP contribution in [0.25, 0.3) is 0 Å². The number of H-pyrrole nitrogens is 1. The molecule has 0 bridgehead atoms. The van der Waals surface area contributed by atoms with E-state index in [0.29, 0.717) is 41.5 Å². The molecule has 1 saturated heterocycles. The maximum absolute atomic E-state index is 13.5. The minimum absolute atomic E-state index is 0.0382. The highest BCUT2D eigenvalue weighted by Crippen LogP contribution is 2.35. The molecular weight excluding hydrogens is 427 g/mol. The van der Waals surface area contributed by atoms with Crippen LogP contribution < -0.4 is 5.32 Å². The molecule has 1 aliphatic heterocycles. The fourth-order valence-electron chi connectivity index (χ4n) is 4.30. The first-order valence-electron chi connectivity index (χ1n) is 10.5. The molecule has 1 aromatic carbocycles. The van der Waals surface area contributed by atoms with E-state index >= 15 is 0 Å². The van der Waals surface area contributed by atoms with Crippen molar-refractivity contribution in [2.45, 2.75) is 32.6 Å². The van der Waals surface area contributed by atoms with Crippen LogP contribution in [-0.4, -0.2) is 45.2 Å². The standard InChI is InChI=1S/C24H25FN4O4/c1-13-9-16(5-6-17(13)25)28-22(32)20-14(2)19(15(3)29(20)4)21(31)18(30)10-24(11-33-12-24)23-26-7-8-27-23/h5-9H,10-12H2,1-4H3,(H,26,27)(H,28,32). The van der Waals surface area contributed by atoms with Crippen molar-refractivity contribution >= 4 is 23.2 Å². The van der Waals surface area contributed by atoms with E-state index < -0.39 is 22.9 Å². The van der Waals surface area contributed by atoms with Gasteiger partial charge in [-0.1, -0.05) is 0 Å². The number of nitrogens with zero attached hydrogens (tertiary/aromatic N) is 2. The van der Waals surface area contributed by atoms with E-state index in [1.165, 1.54) is 18.2 Å². The lowest BCUT2D eigenvalue weighted by molar-refractivity contribution is -0.124. The van der Waals surface area contributed by atoms with Gasteiger partial charge in [-0.25, -0.2) is 9.37 Å². The number of imidazole rings is 1. The third kappa shape index (κ3) is 3.89. The van der Waals surface area contributed by atoms with Gasteiger partial charge < -0.3 is 19.6 Å². The van der Waals surface area contributed by atoms with Gasteiger partial charge in [0.1, 0.15) is 17.3 Å². The Morgan fingerprint density at radius 2 is 1.97 bits per heavy atom. The summed E-state index contributed by atoms with van der Waals surface area (Å²) in [6, 6.07) is 4.28. The van der Waals surface area contributed by atoms with Gasteiger partial charge >= 0.3 is 0 Å². The molecule has 1 aliphatic rings. The summed E-state index contributed by atoms with van der Waals surface area (Å²) in [5.41, 5.74) is 1.61. The number of rotatable bonds is 7. The van der Waals surface area contributed by atoms with E-state index in [1.807, 2.05) is 0 Å². The molecule has 3 aromatic rings. The Morgan fingerprint density at radius 1 is 1.24 bits per heavy atom. The number of aromatic nitrogens is 3. The number of carbonyl (C=O) groups is 3. The summed E-state index contributed by atoms with van der Waals surface area (Å²) in [5, 5.41) is 2.74. The Morgan fingerprint density at radius 3 is 2.55 bits per heavy atom. The van der Waals surface area contributed by atoms with Crippen LogP contribution in [0.3, 0.4) is 0 Å². The fourth-order valence-corrected chi connectivity index (χ4v) is 4.30. The van der Waals surface area contributed by atoms with Crippen molar-refractivity contribution in [3.05, 3.63) is 70.3 Å². The zero-order valence-electron chi connectivity index (χ0n) is 18.9. The summed E-state index contributed by atoms with van der Waals surface area (Å²) in [5.74, 6) is -1.40. The summed E-state index contributed by atoms with van der Waals surface area (Å²) < 4.78 is 20.5. The molecule has 9 heteroatoms. The van der Waals surface area contributed by atoms with E-state index in [9.17, 15) is 18.8 Å². The Hall–Kier alpha value is -3.59. The van der Waals surface area contributed by atoms with E-state index in [1.54, 1.807) is 44.8 Å². The first-order chi connectivity index (χ1) is 15.6. The number of amides is 1. The van der Waals surface area contributed by atoms with E-state index in [0.717, 1.165) is 0 Å². The third-order valence-corrected chi connectivity index (χ3v) is 6.30. The minimum atomic E-state index is -0.645. The minimum Gasteiger partial charge on any atom is -0.379 e. The van der Waals surface area contributed by atoms with E-state index in [-0.39, 0.29) is 23.5 Å².